The molecule has 0 unspecified atom stereocenters. The van der Waals surface area contributed by atoms with Crippen molar-refractivity contribution < 1.29 is 31.9 Å². The first kappa shape index (κ1) is 19.9. The summed E-state index contributed by atoms with van der Waals surface area (Å²) >= 11 is 5.70. The van der Waals surface area contributed by atoms with Gasteiger partial charge >= 0.3 is 5.97 Å². The van der Waals surface area contributed by atoms with Gasteiger partial charge in [-0.05, 0) is 25.0 Å². The monoisotopic (exact) mass is 422 g/mol. The summed E-state index contributed by atoms with van der Waals surface area (Å²) in [4.78, 5) is 28.9. The second-order valence-corrected chi connectivity index (χ2v) is 9.48. The number of carboxylic acid groups (broad SMARTS) is 1. The summed E-state index contributed by atoms with van der Waals surface area (Å²) in [6.07, 6.45) is 0.153. The number of carboxylic acids is 1. The average molecular weight is 423 g/mol. The number of aromatic nitrogens is 1. The maximum Gasteiger partial charge on any atom is 0.307 e. The van der Waals surface area contributed by atoms with Crippen molar-refractivity contribution in [2.75, 3.05) is 13.1 Å². The quantitative estimate of drug-likeness (QED) is 0.794. The molecular formula is C16H17ClF2N2O5S. The van der Waals surface area contributed by atoms with Crippen LogP contribution in [0, 0.1) is 11.8 Å². The summed E-state index contributed by atoms with van der Waals surface area (Å²) in [5.41, 5.74) is 0. The number of hydrogen-bond donors (Lipinski definition) is 1. The van der Waals surface area contributed by atoms with Crippen LogP contribution in [-0.2, 0) is 19.4 Å². The number of rotatable bonds is 4. The van der Waals surface area contributed by atoms with Crippen molar-refractivity contribution in [2.45, 2.75) is 35.5 Å². The van der Waals surface area contributed by atoms with Gasteiger partial charge in [0.15, 0.2) is 14.9 Å². The molecule has 1 saturated heterocycles. The molecule has 2 aliphatic rings. The first-order valence-corrected chi connectivity index (χ1v) is 10.2. The van der Waals surface area contributed by atoms with Gasteiger partial charge in [-0.2, -0.15) is 0 Å². The molecule has 0 aromatic carbocycles. The van der Waals surface area contributed by atoms with Gasteiger partial charge in [0.1, 0.15) is 0 Å². The van der Waals surface area contributed by atoms with Gasteiger partial charge < -0.3 is 10.0 Å². The fourth-order valence-electron chi connectivity index (χ4n) is 3.65. The van der Waals surface area contributed by atoms with Crippen LogP contribution < -0.4 is 0 Å². The Kier molecular flexibility index (Phi) is 5.15. The number of sulfone groups is 1. The molecule has 148 valence electrons. The highest BCUT2D eigenvalue weighted by Crippen LogP contribution is 2.40. The van der Waals surface area contributed by atoms with Crippen molar-refractivity contribution >= 4 is 33.3 Å². The predicted molar refractivity (Wildman–Crippen MR) is 90.2 cm³/mol. The SMILES string of the molecule is O=C(O)[C@@H]1C[C@@H](S(=O)(=O)c2ccc(Cl)cn2)C[C@H]1C(=O)N1CCC(F)(F)C1. The number of halogens is 3. The van der Waals surface area contributed by atoms with Crippen molar-refractivity contribution in [3.63, 3.8) is 0 Å². The van der Waals surface area contributed by atoms with Gasteiger partial charge in [0.2, 0.25) is 5.91 Å². The van der Waals surface area contributed by atoms with Crippen LogP contribution in [-0.4, -0.2) is 59.5 Å². The van der Waals surface area contributed by atoms with Crippen molar-refractivity contribution in [2.24, 2.45) is 11.8 Å². The third-order valence-corrected chi connectivity index (χ3v) is 7.38. The molecule has 1 aromatic heterocycles. The Bertz CT molecular complexity index is 862. The molecule has 2 heterocycles. The van der Waals surface area contributed by atoms with Crippen LogP contribution in [0.25, 0.3) is 0 Å². The summed E-state index contributed by atoms with van der Waals surface area (Å²) in [7, 11) is -3.99. The van der Waals surface area contributed by atoms with E-state index in [1.54, 1.807) is 0 Å². The van der Waals surface area contributed by atoms with Crippen LogP contribution in [0.1, 0.15) is 19.3 Å². The molecule has 7 nitrogen and oxygen atoms in total. The van der Waals surface area contributed by atoms with E-state index < -0.39 is 57.7 Å². The molecule has 1 saturated carbocycles. The second kappa shape index (κ2) is 6.97. The molecular weight excluding hydrogens is 406 g/mol. The molecule has 1 aliphatic heterocycles. The number of carbonyl (C=O) groups excluding carboxylic acids is 1. The lowest BCUT2D eigenvalue weighted by Gasteiger charge is -2.22. The number of carbonyl (C=O) groups is 2. The minimum Gasteiger partial charge on any atom is -0.481 e. The Labute approximate surface area is 159 Å². The topological polar surface area (TPSA) is 105 Å². The molecule has 3 atom stereocenters. The van der Waals surface area contributed by atoms with Crippen LogP contribution in [0.2, 0.25) is 5.02 Å². The summed E-state index contributed by atoms with van der Waals surface area (Å²) < 4.78 is 52.3. The number of pyridine rings is 1. The van der Waals surface area contributed by atoms with E-state index in [2.05, 4.69) is 4.98 Å². The van der Waals surface area contributed by atoms with Crippen molar-refractivity contribution in [1.82, 2.24) is 9.88 Å². The zero-order valence-electron chi connectivity index (χ0n) is 14.0. The highest BCUT2D eigenvalue weighted by atomic mass is 35.5. The number of aliphatic carboxylic acids is 1. The van der Waals surface area contributed by atoms with E-state index in [0.717, 1.165) is 11.1 Å². The van der Waals surface area contributed by atoms with E-state index >= 15 is 0 Å². The smallest absolute Gasteiger partial charge is 0.307 e. The van der Waals surface area contributed by atoms with E-state index in [1.165, 1.54) is 12.1 Å². The van der Waals surface area contributed by atoms with Crippen LogP contribution in [0.3, 0.4) is 0 Å². The van der Waals surface area contributed by atoms with Crippen molar-refractivity contribution in [1.29, 1.82) is 0 Å². The molecule has 0 radical (unpaired) electrons. The summed E-state index contributed by atoms with van der Waals surface area (Å²) in [5.74, 6) is -7.48. The van der Waals surface area contributed by atoms with E-state index in [4.69, 9.17) is 11.6 Å². The third kappa shape index (κ3) is 3.91. The lowest BCUT2D eigenvalue weighted by molar-refractivity contribution is -0.149. The zero-order valence-corrected chi connectivity index (χ0v) is 15.6. The molecule has 1 N–H and O–H groups in total. The van der Waals surface area contributed by atoms with Gasteiger partial charge in [-0.15, -0.1) is 0 Å². The Morgan fingerprint density at radius 2 is 1.93 bits per heavy atom. The molecule has 1 amide bonds. The Morgan fingerprint density at radius 1 is 1.26 bits per heavy atom. The Hall–Kier alpha value is -1.81. The zero-order chi connectivity index (χ0) is 20.0. The predicted octanol–water partition coefficient (Wildman–Crippen LogP) is 1.86. The second-order valence-electron chi connectivity index (χ2n) is 6.87. The number of alkyl halides is 2. The first-order chi connectivity index (χ1) is 12.5. The normalized spacial score (nSPS) is 27.7. The highest BCUT2D eigenvalue weighted by Gasteiger charge is 2.51. The summed E-state index contributed by atoms with van der Waals surface area (Å²) in [6, 6.07) is 2.56. The first-order valence-electron chi connectivity index (χ1n) is 8.26. The fourth-order valence-corrected chi connectivity index (χ4v) is 5.48. The Balaban J connectivity index is 1.83. The number of nitrogens with zero attached hydrogens (tertiary/aromatic N) is 2. The van der Waals surface area contributed by atoms with Gasteiger partial charge in [-0.1, -0.05) is 11.6 Å². The molecule has 11 heteroatoms. The molecule has 1 aliphatic carbocycles. The van der Waals surface area contributed by atoms with Crippen molar-refractivity contribution in [3.05, 3.63) is 23.4 Å². The lowest BCUT2D eigenvalue weighted by Crippen LogP contribution is -2.39. The standard InChI is InChI=1S/C16H17ClF2N2O5S/c17-9-1-2-13(20-7-9)27(25,26)10-5-11(12(6-10)15(23)24)14(22)21-4-3-16(18,19)8-21/h1-2,7,10-12H,3-6,8H2,(H,23,24)/t10-,11+,12+/m0/s1. The molecule has 3 rings (SSSR count). The largest absolute Gasteiger partial charge is 0.481 e. The van der Waals surface area contributed by atoms with Crippen LogP contribution >= 0.6 is 11.6 Å². The summed E-state index contributed by atoms with van der Waals surface area (Å²) in [5, 5.41) is 8.27. The lowest BCUT2D eigenvalue weighted by atomic mass is 9.95. The van der Waals surface area contributed by atoms with E-state index in [0.29, 0.717) is 0 Å². The van der Waals surface area contributed by atoms with Gasteiger partial charge in [-0.25, -0.2) is 22.2 Å². The third-order valence-electron chi connectivity index (χ3n) is 5.07. The maximum atomic E-state index is 13.4. The fraction of sp³-hybridized carbons (Fsp3) is 0.562. The van der Waals surface area contributed by atoms with E-state index in [9.17, 15) is 31.9 Å². The average Bonchev–Trinajstić information content (AvgIpc) is 3.18. The highest BCUT2D eigenvalue weighted by molar-refractivity contribution is 7.92. The van der Waals surface area contributed by atoms with Crippen molar-refractivity contribution in [3.8, 4) is 0 Å². The van der Waals surface area contributed by atoms with E-state index in [1.807, 2.05) is 0 Å². The van der Waals surface area contributed by atoms with Gasteiger partial charge in [0.05, 0.1) is 28.7 Å². The molecule has 0 bridgehead atoms. The van der Waals surface area contributed by atoms with Gasteiger partial charge in [0.25, 0.3) is 5.92 Å². The van der Waals surface area contributed by atoms with Gasteiger partial charge in [-0.3, -0.25) is 9.59 Å². The van der Waals surface area contributed by atoms with E-state index in [-0.39, 0.29) is 29.4 Å². The maximum absolute atomic E-state index is 13.4. The van der Waals surface area contributed by atoms with Crippen LogP contribution in [0.4, 0.5) is 8.78 Å². The number of amides is 1. The molecule has 0 spiro atoms. The van der Waals surface area contributed by atoms with Crippen LogP contribution in [0.5, 0.6) is 0 Å². The number of hydrogen-bond acceptors (Lipinski definition) is 5. The van der Waals surface area contributed by atoms with Gasteiger partial charge in [0, 0.05) is 19.2 Å². The Morgan fingerprint density at radius 3 is 2.44 bits per heavy atom. The minimum absolute atomic E-state index is 0.176. The molecule has 27 heavy (non-hydrogen) atoms. The molecule has 2 fully saturated rings. The molecule has 1 aromatic rings. The number of likely N-dealkylation sites (tertiary alicyclic amines) is 1. The minimum atomic E-state index is -3.99. The summed E-state index contributed by atoms with van der Waals surface area (Å²) in [6.45, 7) is -0.949. The van der Waals surface area contributed by atoms with Crippen LogP contribution in [0.15, 0.2) is 23.4 Å².